The van der Waals surface area contributed by atoms with Gasteiger partial charge >= 0.3 is 5.97 Å². The summed E-state index contributed by atoms with van der Waals surface area (Å²) in [4.78, 5) is 18.5. The van der Waals surface area contributed by atoms with Crippen LogP contribution in [0.15, 0.2) is 22.7 Å². The number of para-hydroxylation sites is 1. The van der Waals surface area contributed by atoms with Crippen LogP contribution in [-0.4, -0.2) is 25.4 Å². The average molecular weight is 308 g/mol. The van der Waals surface area contributed by atoms with E-state index in [2.05, 4.69) is 25.9 Å². The summed E-state index contributed by atoms with van der Waals surface area (Å²) in [6.45, 7) is 1.86. The topological polar surface area (TPSA) is 70.4 Å². The first-order valence-electron chi connectivity index (χ1n) is 5.44. The number of carboxylic acids is 1. The molecule has 0 amide bonds. The van der Waals surface area contributed by atoms with Gasteiger partial charge in [-0.1, -0.05) is 6.07 Å². The molecule has 0 aliphatic rings. The van der Waals surface area contributed by atoms with Crippen LogP contribution in [0.3, 0.4) is 0 Å². The maximum atomic E-state index is 10.9. The Kier molecular flexibility index (Phi) is 2.41. The van der Waals surface area contributed by atoms with Gasteiger partial charge in [0.05, 0.1) is 17.6 Å². The molecule has 3 aromatic rings. The zero-order chi connectivity index (χ0) is 12.9. The lowest BCUT2D eigenvalue weighted by molar-refractivity contribution is -0.136. The highest BCUT2D eigenvalue weighted by atomic mass is 79.9. The van der Waals surface area contributed by atoms with Crippen LogP contribution in [0.1, 0.15) is 11.4 Å². The molecule has 0 spiro atoms. The Morgan fingerprint density at radius 2 is 2.33 bits per heavy atom. The first kappa shape index (κ1) is 11.3. The number of aryl methyl sites for hydroxylation is 1. The van der Waals surface area contributed by atoms with Crippen molar-refractivity contribution in [2.75, 3.05) is 0 Å². The highest BCUT2D eigenvalue weighted by molar-refractivity contribution is 9.10. The minimum absolute atomic E-state index is 0.0240. The number of fused-ring (bicyclic) bond motifs is 3. The quantitative estimate of drug-likeness (QED) is 0.764. The molecule has 18 heavy (non-hydrogen) atoms. The number of imidazole rings is 2. The third-order valence-electron chi connectivity index (χ3n) is 2.96. The Balaban J connectivity index is 2.41. The van der Waals surface area contributed by atoms with Crippen LogP contribution in [0.4, 0.5) is 0 Å². The minimum Gasteiger partial charge on any atom is -0.481 e. The summed E-state index contributed by atoms with van der Waals surface area (Å²) in [6.07, 6.45) is -0.0240. The van der Waals surface area contributed by atoms with Crippen molar-refractivity contribution < 1.29 is 9.90 Å². The van der Waals surface area contributed by atoms with Crippen LogP contribution >= 0.6 is 15.9 Å². The number of H-pyrrole nitrogens is 1. The van der Waals surface area contributed by atoms with Crippen LogP contribution in [0.25, 0.3) is 16.8 Å². The number of hydrogen-bond acceptors (Lipinski definition) is 2. The van der Waals surface area contributed by atoms with E-state index in [4.69, 9.17) is 5.11 Å². The summed E-state index contributed by atoms with van der Waals surface area (Å²) in [7, 11) is 0. The van der Waals surface area contributed by atoms with Gasteiger partial charge in [0.1, 0.15) is 5.52 Å². The molecule has 6 heteroatoms. The smallest absolute Gasteiger partial charge is 0.309 e. The van der Waals surface area contributed by atoms with Crippen molar-refractivity contribution in [3.05, 3.63) is 34.1 Å². The normalized spacial score (nSPS) is 11.4. The zero-order valence-corrected chi connectivity index (χ0v) is 11.2. The second kappa shape index (κ2) is 3.84. The molecule has 3 rings (SSSR count). The first-order chi connectivity index (χ1) is 8.58. The number of rotatable bonds is 2. The molecule has 0 saturated heterocycles. The monoisotopic (exact) mass is 307 g/mol. The van der Waals surface area contributed by atoms with Gasteiger partial charge < -0.3 is 10.1 Å². The van der Waals surface area contributed by atoms with E-state index in [1.54, 1.807) is 0 Å². The number of carbonyl (C=O) groups is 1. The number of nitrogens with one attached hydrogen (secondary N) is 1. The van der Waals surface area contributed by atoms with E-state index in [1.165, 1.54) is 0 Å². The van der Waals surface area contributed by atoms with Gasteiger partial charge in [-0.3, -0.25) is 9.20 Å². The van der Waals surface area contributed by atoms with Crippen molar-refractivity contribution in [2.45, 2.75) is 13.3 Å². The standard InChI is InChI=1S/C12H10BrN3O2/c1-6-9(5-10(17)18)16-8-4-2-3-7(13)11(8)15-12(16)14-6/h2-4H,5H2,1H3,(H,14,15)(H,17,18). The van der Waals surface area contributed by atoms with Gasteiger partial charge in [-0.15, -0.1) is 0 Å². The molecule has 92 valence electrons. The van der Waals surface area contributed by atoms with Crippen molar-refractivity contribution in [3.63, 3.8) is 0 Å². The molecular weight excluding hydrogens is 298 g/mol. The van der Waals surface area contributed by atoms with E-state index in [0.29, 0.717) is 5.78 Å². The third-order valence-corrected chi connectivity index (χ3v) is 3.60. The fraction of sp³-hybridized carbons (Fsp3) is 0.167. The molecule has 0 radical (unpaired) electrons. The van der Waals surface area contributed by atoms with Gasteiger partial charge in [0.25, 0.3) is 0 Å². The summed E-state index contributed by atoms with van der Waals surface area (Å²) in [5, 5.41) is 8.98. The molecule has 0 aliphatic heterocycles. The lowest BCUT2D eigenvalue weighted by Gasteiger charge is -1.99. The molecule has 2 aromatic heterocycles. The molecular formula is C12H10BrN3O2. The summed E-state index contributed by atoms with van der Waals surface area (Å²) in [5.41, 5.74) is 3.30. The van der Waals surface area contributed by atoms with Gasteiger partial charge in [0, 0.05) is 10.2 Å². The molecule has 2 N–H and O–H groups in total. The number of halogens is 1. The fourth-order valence-corrected chi connectivity index (χ4v) is 2.63. The average Bonchev–Trinajstić information content (AvgIpc) is 2.78. The number of hydrogen-bond donors (Lipinski definition) is 2. The first-order valence-corrected chi connectivity index (χ1v) is 6.23. The van der Waals surface area contributed by atoms with Crippen LogP contribution < -0.4 is 0 Å². The second-order valence-corrected chi connectivity index (χ2v) is 5.00. The molecule has 5 nitrogen and oxygen atoms in total. The number of nitrogens with zero attached hydrogens (tertiary/aromatic N) is 2. The van der Waals surface area contributed by atoms with E-state index in [9.17, 15) is 4.79 Å². The van der Waals surface area contributed by atoms with Crippen molar-refractivity contribution in [1.82, 2.24) is 14.4 Å². The van der Waals surface area contributed by atoms with Gasteiger partial charge in [0.2, 0.25) is 5.78 Å². The second-order valence-electron chi connectivity index (χ2n) is 4.15. The van der Waals surface area contributed by atoms with E-state index in [0.717, 1.165) is 26.9 Å². The molecule has 1 aromatic carbocycles. The van der Waals surface area contributed by atoms with Crippen molar-refractivity contribution in [1.29, 1.82) is 0 Å². The molecule has 0 atom stereocenters. The highest BCUT2D eigenvalue weighted by Gasteiger charge is 2.16. The maximum Gasteiger partial charge on any atom is 0.309 e. The Labute approximate surface area is 111 Å². The van der Waals surface area contributed by atoms with E-state index >= 15 is 0 Å². The number of carboxylic acid groups (broad SMARTS) is 1. The SMILES string of the molecule is Cc1[nH]c2nc3c(Br)cccc3n2c1CC(=O)O. The van der Waals surface area contributed by atoms with Crippen LogP contribution in [0.5, 0.6) is 0 Å². The lowest BCUT2D eigenvalue weighted by Crippen LogP contribution is -2.04. The molecule has 0 unspecified atom stereocenters. The summed E-state index contributed by atoms with van der Waals surface area (Å²) in [5.74, 6) is -0.179. The van der Waals surface area contributed by atoms with Crippen molar-refractivity contribution in [2.24, 2.45) is 0 Å². The Hall–Kier alpha value is -1.82. The third kappa shape index (κ3) is 1.53. The van der Waals surface area contributed by atoms with E-state index in [1.807, 2.05) is 29.5 Å². The molecule has 0 saturated carbocycles. The minimum atomic E-state index is -0.851. The summed E-state index contributed by atoms with van der Waals surface area (Å²) >= 11 is 3.45. The van der Waals surface area contributed by atoms with Crippen molar-refractivity contribution in [3.8, 4) is 0 Å². The number of aliphatic carboxylic acids is 1. The van der Waals surface area contributed by atoms with Crippen LogP contribution in [0.2, 0.25) is 0 Å². The number of aromatic nitrogens is 3. The molecule has 0 fully saturated rings. The van der Waals surface area contributed by atoms with Gasteiger partial charge in [0.15, 0.2) is 0 Å². The number of benzene rings is 1. The van der Waals surface area contributed by atoms with Crippen molar-refractivity contribution >= 4 is 38.7 Å². The fourth-order valence-electron chi connectivity index (χ4n) is 2.18. The Morgan fingerprint density at radius 3 is 3.06 bits per heavy atom. The molecule has 2 heterocycles. The summed E-state index contributed by atoms with van der Waals surface area (Å²) in [6, 6.07) is 5.75. The van der Waals surface area contributed by atoms with Gasteiger partial charge in [-0.2, -0.15) is 0 Å². The van der Waals surface area contributed by atoms with Gasteiger partial charge in [-0.05, 0) is 35.0 Å². The van der Waals surface area contributed by atoms with Crippen LogP contribution in [0, 0.1) is 6.92 Å². The largest absolute Gasteiger partial charge is 0.481 e. The van der Waals surface area contributed by atoms with E-state index < -0.39 is 5.97 Å². The predicted octanol–water partition coefficient (Wildman–Crippen LogP) is 2.51. The van der Waals surface area contributed by atoms with E-state index in [-0.39, 0.29) is 6.42 Å². The molecule has 0 bridgehead atoms. The maximum absolute atomic E-state index is 10.9. The zero-order valence-electron chi connectivity index (χ0n) is 9.57. The van der Waals surface area contributed by atoms with Gasteiger partial charge in [-0.25, -0.2) is 4.98 Å². The molecule has 0 aliphatic carbocycles. The summed E-state index contributed by atoms with van der Waals surface area (Å²) < 4.78 is 2.76. The Morgan fingerprint density at radius 1 is 1.56 bits per heavy atom. The Bertz CT molecular complexity index is 772. The lowest BCUT2D eigenvalue weighted by atomic mass is 10.2. The number of aromatic amines is 1. The predicted molar refractivity (Wildman–Crippen MR) is 70.8 cm³/mol. The van der Waals surface area contributed by atoms with Crippen LogP contribution in [-0.2, 0) is 11.2 Å². The highest BCUT2D eigenvalue weighted by Crippen LogP contribution is 2.26.